The van der Waals surface area contributed by atoms with Crippen LogP contribution in [0.25, 0.3) is 0 Å². The van der Waals surface area contributed by atoms with Gasteiger partial charge in [0.15, 0.2) is 0 Å². The summed E-state index contributed by atoms with van der Waals surface area (Å²) < 4.78 is 0. The van der Waals surface area contributed by atoms with Gasteiger partial charge in [-0.2, -0.15) is 0 Å². The standard InChI is InChI=1S/C12H16O2/c1-10(13)8-9-12(2,14)11-6-4-3-5-7-11/h3-7,14H,8-9H2,1-2H3. The first-order valence-electron chi connectivity index (χ1n) is 4.80. The van der Waals surface area contributed by atoms with Crippen molar-refractivity contribution >= 4 is 5.78 Å². The van der Waals surface area contributed by atoms with Crippen LogP contribution in [0.2, 0.25) is 0 Å². The number of hydrogen-bond acceptors (Lipinski definition) is 2. The zero-order valence-electron chi connectivity index (χ0n) is 8.66. The molecule has 0 aliphatic rings. The molecule has 0 fully saturated rings. The van der Waals surface area contributed by atoms with Crippen molar-refractivity contribution in [3.05, 3.63) is 35.9 Å². The second kappa shape index (κ2) is 4.38. The normalized spacial score (nSPS) is 14.8. The number of aliphatic hydroxyl groups is 1. The fraction of sp³-hybridized carbons (Fsp3) is 0.417. The van der Waals surface area contributed by atoms with Crippen molar-refractivity contribution in [3.63, 3.8) is 0 Å². The van der Waals surface area contributed by atoms with Crippen molar-refractivity contribution in [2.24, 2.45) is 0 Å². The lowest BCUT2D eigenvalue weighted by atomic mass is 9.90. The zero-order valence-corrected chi connectivity index (χ0v) is 8.66. The average Bonchev–Trinajstić information content (AvgIpc) is 2.16. The molecular weight excluding hydrogens is 176 g/mol. The molecule has 0 bridgehead atoms. The van der Waals surface area contributed by atoms with Gasteiger partial charge in [-0.1, -0.05) is 30.3 Å². The highest BCUT2D eigenvalue weighted by atomic mass is 16.3. The van der Waals surface area contributed by atoms with Crippen LogP contribution in [-0.2, 0) is 10.4 Å². The Labute approximate surface area is 84.6 Å². The Morgan fingerprint density at radius 3 is 2.43 bits per heavy atom. The Hall–Kier alpha value is -1.15. The van der Waals surface area contributed by atoms with Gasteiger partial charge in [0.05, 0.1) is 5.60 Å². The number of rotatable bonds is 4. The third-order valence-electron chi connectivity index (χ3n) is 2.36. The van der Waals surface area contributed by atoms with Crippen molar-refractivity contribution < 1.29 is 9.90 Å². The molecule has 0 spiro atoms. The summed E-state index contributed by atoms with van der Waals surface area (Å²) in [5.74, 6) is 0.112. The van der Waals surface area contributed by atoms with E-state index in [9.17, 15) is 9.90 Å². The van der Waals surface area contributed by atoms with Crippen LogP contribution in [0.5, 0.6) is 0 Å². The smallest absolute Gasteiger partial charge is 0.129 e. The van der Waals surface area contributed by atoms with Crippen LogP contribution < -0.4 is 0 Å². The molecule has 1 rings (SSSR count). The first-order chi connectivity index (χ1) is 6.52. The molecule has 1 N–H and O–H groups in total. The monoisotopic (exact) mass is 192 g/mol. The summed E-state index contributed by atoms with van der Waals surface area (Å²) in [7, 11) is 0. The largest absolute Gasteiger partial charge is 0.385 e. The Balaban J connectivity index is 2.70. The highest BCUT2D eigenvalue weighted by Crippen LogP contribution is 2.25. The van der Waals surface area contributed by atoms with E-state index in [4.69, 9.17) is 0 Å². The van der Waals surface area contributed by atoms with Crippen LogP contribution >= 0.6 is 0 Å². The third kappa shape index (κ3) is 2.96. The maximum Gasteiger partial charge on any atom is 0.129 e. The van der Waals surface area contributed by atoms with Gasteiger partial charge in [-0.05, 0) is 25.8 Å². The zero-order chi connectivity index (χ0) is 10.6. The Bertz CT molecular complexity index is 301. The van der Waals surface area contributed by atoms with E-state index in [1.54, 1.807) is 13.8 Å². The van der Waals surface area contributed by atoms with E-state index >= 15 is 0 Å². The van der Waals surface area contributed by atoms with Crippen LogP contribution in [0.1, 0.15) is 32.3 Å². The number of carbonyl (C=O) groups excluding carboxylic acids is 1. The summed E-state index contributed by atoms with van der Waals surface area (Å²) in [5, 5.41) is 10.1. The summed E-state index contributed by atoms with van der Waals surface area (Å²) in [5.41, 5.74) is -0.0336. The summed E-state index contributed by atoms with van der Waals surface area (Å²) in [4.78, 5) is 10.8. The van der Waals surface area contributed by atoms with Gasteiger partial charge in [0.25, 0.3) is 0 Å². The lowest BCUT2D eigenvalue weighted by molar-refractivity contribution is -0.118. The summed E-state index contributed by atoms with van der Waals surface area (Å²) in [6.45, 7) is 3.28. The molecule has 0 radical (unpaired) electrons. The maximum absolute atomic E-state index is 10.8. The van der Waals surface area contributed by atoms with Gasteiger partial charge in [-0.3, -0.25) is 0 Å². The molecule has 1 aromatic carbocycles. The lowest BCUT2D eigenvalue weighted by Crippen LogP contribution is -2.21. The molecule has 0 aliphatic carbocycles. The van der Waals surface area contributed by atoms with Crippen LogP contribution in [0, 0.1) is 0 Å². The number of carbonyl (C=O) groups is 1. The van der Waals surface area contributed by atoms with Gasteiger partial charge >= 0.3 is 0 Å². The van der Waals surface area contributed by atoms with E-state index in [0.717, 1.165) is 5.56 Å². The van der Waals surface area contributed by atoms with E-state index in [-0.39, 0.29) is 5.78 Å². The average molecular weight is 192 g/mol. The molecule has 0 saturated heterocycles. The fourth-order valence-corrected chi connectivity index (χ4v) is 1.36. The molecule has 0 saturated carbocycles. The van der Waals surface area contributed by atoms with Crippen LogP contribution in [0.3, 0.4) is 0 Å². The van der Waals surface area contributed by atoms with E-state index in [1.807, 2.05) is 30.3 Å². The quantitative estimate of drug-likeness (QED) is 0.794. The maximum atomic E-state index is 10.8. The number of Topliss-reactive ketones (excluding diaryl/α,β-unsaturated/α-hetero) is 1. The van der Waals surface area contributed by atoms with Gasteiger partial charge in [0, 0.05) is 6.42 Å². The van der Waals surface area contributed by atoms with Gasteiger partial charge in [-0.15, -0.1) is 0 Å². The SMILES string of the molecule is CC(=O)CCC(C)(O)c1ccccc1. The van der Waals surface area contributed by atoms with Crippen LogP contribution in [0.4, 0.5) is 0 Å². The molecule has 76 valence electrons. The minimum absolute atomic E-state index is 0.112. The molecule has 0 amide bonds. The highest BCUT2D eigenvalue weighted by molar-refractivity contribution is 5.75. The van der Waals surface area contributed by atoms with E-state index < -0.39 is 5.60 Å². The van der Waals surface area contributed by atoms with Crippen LogP contribution in [0.15, 0.2) is 30.3 Å². The van der Waals surface area contributed by atoms with Crippen molar-refractivity contribution in [2.45, 2.75) is 32.3 Å². The van der Waals surface area contributed by atoms with Crippen molar-refractivity contribution in [3.8, 4) is 0 Å². The second-order valence-electron chi connectivity index (χ2n) is 3.84. The van der Waals surface area contributed by atoms with Crippen molar-refractivity contribution in [2.75, 3.05) is 0 Å². The number of benzene rings is 1. The molecule has 2 nitrogen and oxygen atoms in total. The number of ketones is 1. The molecule has 0 aliphatic heterocycles. The summed E-state index contributed by atoms with van der Waals surface area (Å²) in [6.07, 6.45) is 0.897. The minimum atomic E-state index is -0.896. The van der Waals surface area contributed by atoms with Gasteiger partial charge in [-0.25, -0.2) is 0 Å². The third-order valence-corrected chi connectivity index (χ3v) is 2.36. The van der Waals surface area contributed by atoms with E-state index in [1.165, 1.54) is 0 Å². The fourth-order valence-electron chi connectivity index (χ4n) is 1.36. The van der Waals surface area contributed by atoms with Crippen LogP contribution in [-0.4, -0.2) is 10.9 Å². The first-order valence-corrected chi connectivity index (χ1v) is 4.80. The van der Waals surface area contributed by atoms with Gasteiger partial charge < -0.3 is 9.90 Å². The lowest BCUT2D eigenvalue weighted by Gasteiger charge is -2.23. The van der Waals surface area contributed by atoms with Crippen molar-refractivity contribution in [1.82, 2.24) is 0 Å². The molecule has 14 heavy (non-hydrogen) atoms. The molecule has 2 heteroatoms. The van der Waals surface area contributed by atoms with Gasteiger partial charge in [0.2, 0.25) is 0 Å². The first kappa shape index (κ1) is 10.9. The summed E-state index contributed by atoms with van der Waals surface area (Å²) in [6, 6.07) is 9.43. The predicted octanol–water partition coefficient (Wildman–Crippen LogP) is 2.26. The Morgan fingerprint density at radius 1 is 1.36 bits per heavy atom. The minimum Gasteiger partial charge on any atom is -0.385 e. The Kier molecular flexibility index (Phi) is 3.42. The highest BCUT2D eigenvalue weighted by Gasteiger charge is 2.22. The van der Waals surface area contributed by atoms with Crippen molar-refractivity contribution in [1.29, 1.82) is 0 Å². The topological polar surface area (TPSA) is 37.3 Å². The molecule has 0 heterocycles. The molecular formula is C12H16O2. The molecule has 0 aromatic heterocycles. The predicted molar refractivity (Wildman–Crippen MR) is 55.9 cm³/mol. The Morgan fingerprint density at radius 2 is 1.93 bits per heavy atom. The van der Waals surface area contributed by atoms with E-state index in [2.05, 4.69) is 0 Å². The number of hydrogen-bond donors (Lipinski definition) is 1. The second-order valence-corrected chi connectivity index (χ2v) is 3.84. The summed E-state index contributed by atoms with van der Waals surface area (Å²) >= 11 is 0. The molecule has 1 aromatic rings. The molecule has 1 unspecified atom stereocenters. The van der Waals surface area contributed by atoms with E-state index in [0.29, 0.717) is 12.8 Å². The molecule has 1 atom stereocenters. The van der Waals surface area contributed by atoms with Gasteiger partial charge in [0.1, 0.15) is 5.78 Å².